The van der Waals surface area contributed by atoms with Crippen molar-refractivity contribution in [3.05, 3.63) is 68.7 Å². The fourth-order valence-electron chi connectivity index (χ4n) is 2.19. The van der Waals surface area contributed by atoms with Gasteiger partial charge in [0, 0.05) is 36.4 Å². The second-order valence-electron chi connectivity index (χ2n) is 5.82. The largest absolute Gasteiger partial charge is 0.452 e. The van der Waals surface area contributed by atoms with Crippen LogP contribution in [-0.2, 0) is 9.53 Å². The van der Waals surface area contributed by atoms with E-state index in [4.69, 9.17) is 16.3 Å². The molecule has 2 aromatic rings. The minimum atomic E-state index is -1.05. The Morgan fingerprint density at radius 3 is 2.36 bits per heavy atom. The van der Waals surface area contributed by atoms with E-state index in [0.717, 1.165) is 12.1 Å². The number of carbonyl (C=O) groups is 3. The Bertz CT molecular complexity index is 927. The highest BCUT2D eigenvalue weighted by molar-refractivity contribution is 6.31. The summed E-state index contributed by atoms with van der Waals surface area (Å²) >= 11 is 5.75. The van der Waals surface area contributed by atoms with Gasteiger partial charge in [0.1, 0.15) is 5.56 Å². The number of carbonyl (C=O) groups excluding carboxylic acids is 3. The van der Waals surface area contributed by atoms with E-state index in [-0.39, 0.29) is 16.5 Å². The molecule has 0 bridgehead atoms. The van der Waals surface area contributed by atoms with Gasteiger partial charge >= 0.3 is 5.97 Å². The molecule has 0 aliphatic rings. The van der Waals surface area contributed by atoms with Crippen molar-refractivity contribution in [2.45, 2.75) is 0 Å². The molecule has 10 heteroatoms. The molecule has 1 N–H and O–H groups in total. The molecule has 0 saturated heterocycles. The molecule has 0 unspecified atom stereocenters. The molecule has 2 amide bonds. The van der Waals surface area contributed by atoms with Crippen LogP contribution in [0.3, 0.4) is 0 Å². The lowest BCUT2D eigenvalue weighted by molar-refractivity contribution is -0.385. The summed E-state index contributed by atoms with van der Waals surface area (Å²) in [4.78, 5) is 47.5. The Kier molecular flexibility index (Phi) is 6.67. The lowest BCUT2D eigenvalue weighted by atomic mass is 10.2. The predicted octanol–water partition coefficient (Wildman–Crippen LogP) is 2.75. The zero-order valence-corrected chi connectivity index (χ0v) is 15.7. The van der Waals surface area contributed by atoms with Gasteiger partial charge < -0.3 is 15.0 Å². The monoisotopic (exact) mass is 405 g/mol. The summed E-state index contributed by atoms with van der Waals surface area (Å²) in [5, 5.41) is 13.6. The van der Waals surface area contributed by atoms with Crippen molar-refractivity contribution in [1.82, 2.24) is 4.90 Å². The number of nitro benzene ring substituents is 1. The van der Waals surface area contributed by atoms with E-state index >= 15 is 0 Å². The second-order valence-corrected chi connectivity index (χ2v) is 6.26. The van der Waals surface area contributed by atoms with Gasteiger partial charge in [-0.25, -0.2) is 4.79 Å². The first kappa shape index (κ1) is 20.8. The van der Waals surface area contributed by atoms with Crippen molar-refractivity contribution in [3.8, 4) is 0 Å². The fourth-order valence-corrected chi connectivity index (χ4v) is 2.36. The average molecular weight is 406 g/mol. The number of ether oxygens (including phenoxy) is 1. The number of amides is 2. The molecule has 0 fully saturated rings. The molecule has 146 valence electrons. The molecule has 28 heavy (non-hydrogen) atoms. The van der Waals surface area contributed by atoms with E-state index in [1.165, 1.54) is 23.1 Å². The Hall–Kier alpha value is -3.46. The molecule has 9 nitrogen and oxygen atoms in total. The zero-order valence-electron chi connectivity index (χ0n) is 15.0. The average Bonchev–Trinajstić information content (AvgIpc) is 2.65. The SMILES string of the molecule is CN(C)C(=O)c1ccc(NC(=O)COC(=O)c2cc(Cl)ccc2[N+](=O)[O-])cc1. The maximum Gasteiger partial charge on any atom is 0.345 e. The van der Waals surface area contributed by atoms with E-state index in [1.807, 2.05) is 0 Å². The van der Waals surface area contributed by atoms with Crippen molar-refractivity contribution in [2.24, 2.45) is 0 Å². The maximum absolute atomic E-state index is 12.1. The molecule has 0 spiro atoms. The first-order valence-electron chi connectivity index (χ1n) is 7.91. The molecule has 0 aromatic heterocycles. The van der Waals surface area contributed by atoms with Crippen LogP contribution in [0.2, 0.25) is 5.02 Å². The van der Waals surface area contributed by atoms with Crippen LogP contribution in [-0.4, -0.2) is 48.3 Å². The molecule has 2 rings (SSSR count). The Morgan fingerprint density at radius 1 is 1.14 bits per heavy atom. The minimum Gasteiger partial charge on any atom is -0.452 e. The van der Waals surface area contributed by atoms with Crippen LogP contribution in [0, 0.1) is 10.1 Å². The van der Waals surface area contributed by atoms with Crippen LogP contribution in [0.15, 0.2) is 42.5 Å². The van der Waals surface area contributed by atoms with E-state index < -0.39 is 29.1 Å². The summed E-state index contributed by atoms with van der Waals surface area (Å²) in [7, 11) is 3.24. The van der Waals surface area contributed by atoms with Crippen LogP contribution in [0.1, 0.15) is 20.7 Å². The highest BCUT2D eigenvalue weighted by Gasteiger charge is 2.22. The third kappa shape index (κ3) is 5.27. The van der Waals surface area contributed by atoms with Crippen LogP contribution in [0.4, 0.5) is 11.4 Å². The van der Waals surface area contributed by atoms with Crippen LogP contribution < -0.4 is 5.32 Å². The molecule has 2 aromatic carbocycles. The van der Waals surface area contributed by atoms with Gasteiger partial charge in [0.05, 0.1) is 4.92 Å². The van der Waals surface area contributed by atoms with Crippen LogP contribution in [0.5, 0.6) is 0 Å². The molecule has 0 aliphatic heterocycles. The van der Waals surface area contributed by atoms with Gasteiger partial charge in [-0.2, -0.15) is 0 Å². The third-order valence-electron chi connectivity index (χ3n) is 3.53. The summed E-state index contributed by atoms with van der Waals surface area (Å²) in [6, 6.07) is 9.58. The van der Waals surface area contributed by atoms with Crippen LogP contribution in [0.25, 0.3) is 0 Å². The fraction of sp³-hybridized carbons (Fsp3) is 0.167. The number of esters is 1. The summed E-state index contributed by atoms with van der Waals surface area (Å²) in [5.74, 6) is -1.88. The van der Waals surface area contributed by atoms with E-state index in [2.05, 4.69) is 5.32 Å². The predicted molar refractivity (Wildman–Crippen MR) is 101 cm³/mol. The summed E-state index contributed by atoms with van der Waals surface area (Å²) < 4.78 is 4.83. The third-order valence-corrected chi connectivity index (χ3v) is 3.77. The molecule has 0 aliphatic carbocycles. The number of nitro groups is 1. The van der Waals surface area contributed by atoms with Gasteiger partial charge in [-0.05, 0) is 36.4 Å². The number of benzene rings is 2. The highest BCUT2D eigenvalue weighted by atomic mass is 35.5. The van der Waals surface area contributed by atoms with Crippen molar-refractivity contribution >= 4 is 40.8 Å². The van der Waals surface area contributed by atoms with Crippen molar-refractivity contribution in [1.29, 1.82) is 0 Å². The molecule has 0 atom stereocenters. The normalized spacial score (nSPS) is 10.1. The lowest BCUT2D eigenvalue weighted by Gasteiger charge is -2.11. The molecule has 0 saturated carbocycles. The topological polar surface area (TPSA) is 119 Å². The Balaban J connectivity index is 1.97. The Morgan fingerprint density at radius 2 is 1.79 bits per heavy atom. The van der Waals surface area contributed by atoms with E-state index in [0.29, 0.717) is 11.3 Å². The quantitative estimate of drug-likeness (QED) is 0.448. The first-order valence-corrected chi connectivity index (χ1v) is 8.29. The van der Waals surface area contributed by atoms with Crippen molar-refractivity contribution < 1.29 is 24.0 Å². The number of nitrogens with one attached hydrogen (secondary N) is 1. The molecular weight excluding hydrogens is 390 g/mol. The number of anilines is 1. The van der Waals surface area contributed by atoms with E-state index in [1.54, 1.807) is 26.2 Å². The maximum atomic E-state index is 12.1. The van der Waals surface area contributed by atoms with E-state index in [9.17, 15) is 24.5 Å². The highest BCUT2D eigenvalue weighted by Crippen LogP contribution is 2.23. The number of nitrogens with zero attached hydrogens (tertiary/aromatic N) is 2. The van der Waals surface area contributed by atoms with Gasteiger partial charge in [-0.3, -0.25) is 19.7 Å². The molecular formula is C18H16ClN3O6. The van der Waals surface area contributed by atoms with Crippen molar-refractivity contribution in [2.75, 3.05) is 26.0 Å². The molecule has 0 heterocycles. The van der Waals surface area contributed by atoms with Gasteiger partial charge in [-0.15, -0.1) is 0 Å². The minimum absolute atomic E-state index is 0.120. The first-order chi connectivity index (χ1) is 13.2. The van der Waals surface area contributed by atoms with Gasteiger partial charge in [-0.1, -0.05) is 11.6 Å². The second kappa shape index (κ2) is 8.96. The number of halogens is 1. The lowest BCUT2D eigenvalue weighted by Crippen LogP contribution is -2.22. The van der Waals surface area contributed by atoms with Gasteiger partial charge in [0.25, 0.3) is 17.5 Å². The number of rotatable bonds is 6. The number of hydrogen-bond donors (Lipinski definition) is 1. The van der Waals surface area contributed by atoms with Gasteiger partial charge in [0.2, 0.25) is 0 Å². The Labute approximate surface area is 165 Å². The smallest absolute Gasteiger partial charge is 0.345 e. The number of hydrogen-bond acceptors (Lipinski definition) is 6. The molecule has 0 radical (unpaired) electrons. The standard InChI is InChI=1S/C18H16ClN3O6/c1-21(2)17(24)11-3-6-13(7-4-11)20-16(23)10-28-18(25)14-9-12(19)5-8-15(14)22(26)27/h3-9H,10H2,1-2H3,(H,20,23). The van der Waals surface area contributed by atoms with Gasteiger partial charge in [0.15, 0.2) is 6.61 Å². The zero-order chi connectivity index (χ0) is 20.8. The summed E-state index contributed by atoms with van der Waals surface area (Å²) in [5.41, 5.74) is 0.0144. The summed E-state index contributed by atoms with van der Waals surface area (Å²) in [6.07, 6.45) is 0. The summed E-state index contributed by atoms with van der Waals surface area (Å²) in [6.45, 7) is -0.652. The van der Waals surface area contributed by atoms with Crippen molar-refractivity contribution in [3.63, 3.8) is 0 Å². The van der Waals surface area contributed by atoms with Crippen LogP contribution >= 0.6 is 11.6 Å².